The van der Waals surface area contributed by atoms with Gasteiger partial charge in [0.1, 0.15) is 0 Å². The van der Waals surface area contributed by atoms with Crippen LogP contribution in [0, 0.1) is 5.41 Å². The summed E-state index contributed by atoms with van der Waals surface area (Å²) in [5, 5.41) is 12.7. The van der Waals surface area contributed by atoms with Crippen LogP contribution < -0.4 is 11.1 Å². The molecule has 1 fully saturated rings. The molecule has 0 aromatic heterocycles. The summed E-state index contributed by atoms with van der Waals surface area (Å²) < 4.78 is 0. The molecule has 1 saturated carbocycles. The van der Waals surface area contributed by atoms with Crippen LogP contribution in [0.25, 0.3) is 0 Å². The van der Waals surface area contributed by atoms with Crippen molar-refractivity contribution in [1.82, 2.24) is 5.32 Å². The Labute approximate surface area is 117 Å². The minimum atomic E-state index is -0.482. The molecule has 4 nitrogen and oxygen atoms in total. The van der Waals surface area contributed by atoms with Crippen molar-refractivity contribution in [2.24, 2.45) is 11.1 Å². The van der Waals surface area contributed by atoms with Crippen LogP contribution in [0.1, 0.15) is 65.7 Å². The molecule has 0 spiro atoms. The number of hydrogen-bond donors (Lipinski definition) is 3. The number of nitrogens with two attached hydrogens (primary N) is 1. The molecule has 0 bridgehead atoms. The van der Waals surface area contributed by atoms with E-state index >= 15 is 0 Å². The Balaban J connectivity index is 2.27. The summed E-state index contributed by atoms with van der Waals surface area (Å²) in [5.41, 5.74) is 5.99. The fraction of sp³-hybridized carbons (Fsp3) is 0.933. The van der Waals surface area contributed by atoms with E-state index in [1.54, 1.807) is 0 Å². The van der Waals surface area contributed by atoms with E-state index in [2.05, 4.69) is 26.1 Å². The molecule has 4 heteroatoms. The van der Waals surface area contributed by atoms with Gasteiger partial charge in [0.25, 0.3) is 0 Å². The maximum Gasteiger partial charge on any atom is 0.221 e. The maximum atomic E-state index is 11.9. The fourth-order valence-electron chi connectivity index (χ4n) is 2.83. The van der Waals surface area contributed by atoms with Gasteiger partial charge in [-0.15, -0.1) is 0 Å². The van der Waals surface area contributed by atoms with Gasteiger partial charge in [-0.1, -0.05) is 40.0 Å². The number of aliphatic hydroxyl groups excluding tert-OH is 1. The Bertz CT molecular complexity index is 291. The lowest BCUT2D eigenvalue weighted by molar-refractivity contribution is -0.123. The predicted molar refractivity (Wildman–Crippen MR) is 77.7 cm³/mol. The summed E-state index contributed by atoms with van der Waals surface area (Å²) in [7, 11) is 0. The van der Waals surface area contributed by atoms with Crippen molar-refractivity contribution in [1.29, 1.82) is 0 Å². The highest BCUT2D eigenvalue weighted by Gasteiger charge is 2.30. The zero-order valence-corrected chi connectivity index (χ0v) is 12.7. The molecule has 0 aromatic carbocycles. The average molecular weight is 270 g/mol. The molecule has 0 saturated heterocycles. The van der Waals surface area contributed by atoms with Gasteiger partial charge in [0.05, 0.1) is 6.10 Å². The first-order chi connectivity index (χ1) is 8.70. The predicted octanol–water partition coefficient (Wildman–Crippen LogP) is 1.95. The van der Waals surface area contributed by atoms with Gasteiger partial charge in [-0.3, -0.25) is 4.79 Å². The monoisotopic (exact) mass is 270 g/mol. The second kappa shape index (κ2) is 6.71. The first-order valence-electron chi connectivity index (χ1n) is 7.44. The molecule has 1 atom stereocenters. The van der Waals surface area contributed by atoms with Gasteiger partial charge in [-0.25, -0.2) is 0 Å². The summed E-state index contributed by atoms with van der Waals surface area (Å²) in [4.78, 5) is 11.9. The zero-order chi connectivity index (χ0) is 14.5. The Kier molecular flexibility index (Phi) is 5.81. The van der Waals surface area contributed by atoms with Crippen molar-refractivity contribution < 1.29 is 9.90 Å². The first-order valence-corrected chi connectivity index (χ1v) is 7.44. The van der Waals surface area contributed by atoms with E-state index in [9.17, 15) is 9.90 Å². The summed E-state index contributed by atoms with van der Waals surface area (Å²) in [6.07, 6.45) is 5.92. The average Bonchev–Trinajstić information content (AvgIpc) is 2.24. The van der Waals surface area contributed by atoms with E-state index in [4.69, 9.17) is 5.73 Å². The number of carbonyl (C=O) groups excluding carboxylic acids is 1. The minimum Gasteiger partial charge on any atom is -0.391 e. The van der Waals surface area contributed by atoms with Crippen LogP contribution in [0.2, 0.25) is 0 Å². The molecule has 19 heavy (non-hydrogen) atoms. The van der Waals surface area contributed by atoms with Gasteiger partial charge >= 0.3 is 0 Å². The lowest BCUT2D eigenvalue weighted by Crippen LogP contribution is -2.47. The van der Waals surface area contributed by atoms with E-state index in [-0.39, 0.29) is 16.9 Å². The van der Waals surface area contributed by atoms with Crippen molar-refractivity contribution in [3.8, 4) is 0 Å². The topological polar surface area (TPSA) is 75.3 Å². The number of hydrogen-bond acceptors (Lipinski definition) is 3. The largest absolute Gasteiger partial charge is 0.391 e. The molecule has 112 valence electrons. The molecule has 1 aliphatic carbocycles. The number of rotatable bonds is 5. The number of nitrogens with one attached hydrogen (secondary N) is 1. The highest BCUT2D eigenvalue weighted by atomic mass is 16.3. The van der Waals surface area contributed by atoms with Crippen LogP contribution in [0.3, 0.4) is 0 Å². The highest BCUT2D eigenvalue weighted by Crippen LogP contribution is 2.28. The standard InChI is InChI=1S/C15H30N2O2/c1-14(2,3)9-12(18)11-17-13(19)10-15(16)7-5-4-6-8-15/h12,18H,4-11,16H2,1-3H3,(H,17,19). The van der Waals surface area contributed by atoms with E-state index < -0.39 is 6.10 Å². The SMILES string of the molecule is CC(C)(C)CC(O)CNC(=O)CC1(N)CCCCC1. The third-order valence-corrected chi connectivity index (χ3v) is 3.74. The lowest BCUT2D eigenvalue weighted by atomic mass is 9.80. The first kappa shape index (κ1) is 16.4. The van der Waals surface area contributed by atoms with Gasteiger partial charge in [0.2, 0.25) is 5.91 Å². The Morgan fingerprint density at radius 1 is 1.32 bits per heavy atom. The molecule has 1 amide bonds. The van der Waals surface area contributed by atoms with Crippen molar-refractivity contribution in [3.05, 3.63) is 0 Å². The van der Waals surface area contributed by atoms with Crippen molar-refractivity contribution in [3.63, 3.8) is 0 Å². The molecule has 0 radical (unpaired) electrons. The van der Waals surface area contributed by atoms with Gasteiger partial charge in [-0.05, 0) is 24.7 Å². The number of carbonyl (C=O) groups is 1. The molecule has 0 aromatic rings. The zero-order valence-electron chi connectivity index (χ0n) is 12.7. The van der Waals surface area contributed by atoms with Crippen LogP contribution in [0.4, 0.5) is 0 Å². The normalized spacial score (nSPS) is 20.9. The van der Waals surface area contributed by atoms with Crippen molar-refractivity contribution in [2.45, 2.75) is 77.4 Å². The summed E-state index contributed by atoms with van der Waals surface area (Å²) >= 11 is 0. The Morgan fingerprint density at radius 3 is 2.42 bits per heavy atom. The molecule has 4 N–H and O–H groups in total. The van der Waals surface area contributed by atoms with E-state index in [1.165, 1.54) is 6.42 Å². The molecule has 0 heterocycles. The third kappa shape index (κ3) is 6.92. The van der Waals surface area contributed by atoms with Gasteiger partial charge in [0.15, 0.2) is 0 Å². The number of amides is 1. The van der Waals surface area contributed by atoms with Crippen LogP contribution in [-0.2, 0) is 4.79 Å². The Morgan fingerprint density at radius 2 is 1.89 bits per heavy atom. The third-order valence-electron chi connectivity index (χ3n) is 3.74. The molecule has 1 rings (SSSR count). The number of aliphatic hydroxyl groups is 1. The van der Waals surface area contributed by atoms with Gasteiger partial charge < -0.3 is 16.2 Å². The van der Waals surface area contributed by atoms with Crippen molar-refractivity contribution >= 4 is 5.91 Å². The maximum absolute atomic E-state index is 11.9. The summed E-state index contributed by atoms with van der Waals surface area (Å²) in [6.45, 7) is 6.56. The summed E-state index contributed by atoms with van der Waals surface area (Å²) in [6, 6.07) is 0. The van der Waals surface area contributed by atoms with Gasteiger partial charge in [0, 0.05) is 18.5 Å². The molecule has 1 unspecified atom stereocenters. The lowest BCUT2D eigenvalue weighted by Gasteiger charge is -2.33. The smallest absolute Gasteiger partial charge is 0.221 e. The van der Waals surface area contributed by atoms with Crippen molar-refractivity contribution in [2.75, 3.05) is 6.54 Å². The molecular weight excluding hydrogens is 240 g/mol. The fourth-order valence-corrected chi connectivity index (χ4v) is 2.83. The van der Waals surface area contributed by atoms with E-state index in [0.29, 0.717) is 19.4 Å². The minimum absolute atomic E-state index is 0.0302. The second-order valence-electron chi connectivity index (χ2n) is 7.32. The van der Waals surface area contributed by atoms with Crippen LogP contribution in [0.5, 0.6) is 0 Å². The molecule has 1 aliphatic rings. The van der Waals surface area contributed by atoms with E-state index in [1.807, 2.05) is 0 Å². The quantitative estimate of drug-likeness (QED) is 0.715. The summed E-state index contributed by atoms with van der Waals surface area (Å²) in [5.74, 6) is -0.0302. The van der Waals surface area contributed by atoms with Crippen LogP contribution in [0.15, 0.2) is 0 Å². The van der Waals surface area contributed by atoms with E-state index in [0.717, 1.165) is 25.7 Å². The van der Waals surface area contributed by atoms with Crippen LogP contribution in [-0.4, -0.2) is 29.2 Å². The van der Waals surface area contributed by atoms with Crippen LogP contribution >= 0.6 is 0 Å². The second-order valence-corrected chi connectivity index (χ2v) is 7.32. The molecular formula is C15H30N2O2. The highest BCUT2D eigenvalue weighted by molar-refractivity contribution is 5.77. The van der Waals surface area contributed by atoms with Gasteiger partial charge in [-0.2, -0.15) is 0 Å². The Hall–Kier alpha value is -0.610. The molecule has 0 aliphatic heterocycles.